The summed E-state index contributed by atoms with van der Waals surface area (Å²) < 4.78 is 90.6. The van der Waals surface area contributed by atoms with Crippen molar-refractivity contribution < 1.29 is 40.6 Å². The maximum atomic E-state index is 13.3. The van der Waals surface area contributed by atoms with Gasteiger partial charge in [-0.15, -0.1) is 0 Å². The van der Waals surface area contributed by atoms with Crippen LogP contribution in [0.5, 0.6) is 0 Å². The predicted molar refractivity (Wildman–Crippen MR) is 118 cm³/mol. The van der Waals surface area contributed by atoms with E-state index in [4.69, 9.17) is 9.47 Å². The first-order valence-corrected chi connectivity index (χ1v) is 11.3. The Balaban J connectivity index is 1.88. The minimum Gasteiger partial charge on any atom is -0.469 e. The van der Waals surface area contributed by atoms with Gasteiger partial charge in [0, 0.05) is 5.41 Å². The van der Waals surface area contributed by atoms with Gasteiger partial charge in [-0.05, 0) is 68.9 Å². The zero-order valence-corrected chi connectivity index (χ0v) is 19.7. The third-order valence-corrected chi connectivity index (χ3v) is 7.06. The van der Waals surface area contributed by atoms with Gasteiger partial charge in [-0.1, -0.05) is 30.3 Å². The third-order valence-electron chi connectivity index (χ3n) is 7.06. The molecule has 0 unspecified atom stereocenters. The van der Waals surface area contributed by atoms with Crippen LogP contribution in [0, 0.1) is 5.41 Å². The first kappa shape index (κ1) is 27.0. The summed E-state index contributed by atoms with van der Waals surface area (Å²) >= 11 is 0. The lowest BCUT2D eigenvalue weighted by molar-refractivity contribution is -0.155. The van der Waals surface area contributed by atoms with Gasteiger partial charge in [-0.2, -0.15) is 26.3 Å². The topological polar surface area (TPSA) is 35.5 Å². The molecule has 35 heavy (non-hydrogen) atoms. The molecule has 0 N–H and O–H groups in total. The van der Waals surface area contributed by atoms with Gasteiger partial charge in [-0.3, -0.25) is 4.79 Å². The summed E-state index contributed by atoms with van der Waals surface area (Å²) in [7, 11) is 1.34. The summed E-state index contributed by atoms with van der Waals surface area (Å²) in [6.07, 6.45) is -8.77. The fraction of sp³-hybridized carbons (Fsp3) is 0.500. The maximum Gasteiger partial charge on any atom is 0.416 e. The lowest BCUT2D eigenvalue weighted by Gasteiger charge is -2.44. The number of carbonyl (C=O) groups is 1. The fourth-order valence-corrected chi connectivity index (χ4v) is 4.63. The highest BCUT2D eigenvalue weighted by molar-refractivity contribution is 5.76. The van der Waals surface area contributed by atoms with E-state index in [1.165, 1.54) is 14.0 Å². The Labute approximate surface area is 200 Å². The van der Waals surface area contributed by atoms with Crippen molar-refractivity contribution in [2.24, 2.45) is 5.41 Å². The highest BCUT2D eigenvalue weighted by Crippen LogP contribution is 2.48. The second-order valence-corrected chi connectivity index (χ2v) is 9.49. The minimum absolute atomic E-state index is 0.0764. The van der Waals surface area contributed by atoms with E-state index in [0.29, 0.717) is 37.8 Å². The van der Waals surface area contributed by atoms with Crippen LogP contribution in [0.3, 0.4) is 0 Å². The van der Waals surface area contributed by atoms with Crippen LogP contribution < -0.4 is 0 Å². The summed E-state index contributed by atoms with van der Waals surface area (Å²) in [6.45, 7) is 3.35. The van der Waals surface area contributed by atoms with E-state index >= 15 is 0 Å². The van der Waals surface area contributed by atoms with Gasteiger partial charge in [-0.25, -0.2) is 0 Å². The number of hydrogen-bond donors (Lipinski definition) is 0. The molecular formula is C26H28F6O3. The molecule has 0 spiro atoms. The molecule has 0 heterocycles. The van der Waals surface area contributed by atoms with E-state index in [9.17, 15) is 31.1 Å². The molecule has 1 atom stereocenters. The van der Waals surface area contributed by atoms with Gasteiger partial charge >= 0.3 is 18.3 Å². The van der Waals surface area contributed by atoms with Crippen LogP contribution in [-0.4, -0.2) is 19.7 Å². The zero-order chi connectivity index (χ0) is 26.1. The van der Waals surface area contributed by atoms with Crippen LogP contribution in [0.2, 0.25) is 0 Å². The molecule has 0 aromatic heterocycles. The number of carbonyl (C=O) groups excluding carboxylic acids is 1. The molecule has 0 saturated heterocycles. The minimum atomic E-state index is -4.93. The van der Waals surface area contributed by atoms with Crippen molar-refractivity contribution in [2.45, 2.75) is 63.4 Å². The number of hydrogen-bond acceptors (Lipinski definition) is 3. The summed E-state index contributed by atoms with van der Waals surface area (Å²) in [5, 5.41) is 0. The quantitative estimate of drug-likeness (QED) is 0.303. The van der Waals surface area contributed by atoms with Gasteiger partial charge in [0.2, 0.25) is 0 Å². The Kier molecular flexibility index (Phi) is 7.60. The van der Waals surface area contributed by atoms with Crippen molar-refractivity contribution in [1.82, 2.24) is 0 Å². The molecule has 3 rings (SSSR count). The van der Waals surface area contributed by atoms with E-state index in [1.807, 2.05) is 37.3 Å². The molecule has 1 aliphatic rings. The molecule has 2 aromatic carbocycles. The highest BCUT2D eigenvalue weighted by atomic mass is 19.4. The average Bonchev–Trinajstić information content (AvgIpc) is 2.82. The van der Waals surface area contributed by atoms with Gasteiger partial charge in [0.15, 0.2) is 0 Å². The van der Waals surface area contributed by atoms with Crippen molar-refractivity contribution in [3.63, 3.8) is 0 Å². The van der Waals surface area contributed by atoms with Crippen LogP contribution in [0.4, 0.5) is 26.3 Å². The summed E-state index contributed by atoms with van der Waals surface area (Å²) in [5.74, 6) is -0.308. The van der Waals surface area contributed by atoms with E-state index in [-0.39, 0.29) is 24.2 Å². The lowest BCUT2D eigenvalue weighted by Crippen LogP contribution is -2.43. The van der Waals surface area contributed by atoms with Crippen LogP contribution in [-0.2, 0) is 32.0 Å². The van der Waals surface area contributed by atoms with Crippen molar-refractivity contribution >= 4 is 5.97 Å². The zero-order valence-electron chi connectivity index (χ0n) is 19.7. The molecule has 0 aliphatic heterocycles. The highest BCUT2D eigenvalue weighted by Gasteiger charge is 2.46. The average molecular weight is 502 g/mol. The normalized spacial score (nSPS) is 24.1. The number of ether oxygens (including phenoxy) is 2. The summed E-state index contributed by atoms with van der Waals surface area (Å²) in [5.41, 5.74) is -3.22. The van der Waals surface area contributed by atoms with Crippen LogP contribution in [0.25, 0.3) is 0 Å². The van der Waals surface area contributed by atoms with Crippen molar-refractivity contribution in [3.8, 4) is 0 Å². The van der Waals surface area contributed by atoms with E-state index < -0.39 is 40.4 Å². The molecule has 1 saturated carbocycles. The molecular weight excluding hydrogens is 474 g/mol. The number of alkyl halides is 6. The van der Waals surface area contributed by atoms with Gasteiger partial charge in [0.1, 0.15) is 0 Å². The number of halogens is 6. The van der Waals surface area contributed by atoms with Crippen molar-refractivity contribution in [1.29, 1.82) is 0 Å². The number of benzene rings is 2. The molecule has 3 nitrogen and oxygen atoms in total. The standard InChI is InChI=1S/C26H28F6O3/c1-17(18-13-20(25(27,28)29)15-21(14-18)26(30,31)32)35-16-24(19-7-5-4-6-8-19)11-9-23(2,10-12-24)22(33)34-3/h4-8,13-15,17H,9-12,16H2,1-3H3/t17-,23?,24?/m1/s1. The molecule has 192 valence electrons. The molecule has 0 bridgehead atoms. The van der Waals surface area contributed by atoms with Gasteiger partial charge in [0.05, 0.1) is 36.4 Å². The summed E-state index contributed by atoms with van der Waals surface area (Å²) in [6, 6.07) is 10.9. The largest absolute Gasteiger partial charge is 0.469 e. The Hall–Kier alpha value is -2.55. The van der Waals surface area contributed by atoms with Crippen molar-refractivity contribution in [3.05, 3.63) is 70.8 Å². The molecule has 1 fully saturated rings. The fourth-order valence-electron chi connectivity index (χ4n) is 4.63. The third kappa shape index (κ3) is 6.00. The number of rotatable bonds is 6. The smallest absolute Gasteiger partial charge is 0.416 e. The molecule has 9 heteroatoms. The SMILES string of the molecule is COC(=O)C1(C)CCC(CO[C@H](C)c2cc(C(F)(F)F)cc(C(F)(F)F)c2)(c2ccccc2)CC1. The maximum absolute atomic E-state index is 13.3. The summed E-state index contributed by atoms with van der Waals surface area (Å²) in [4.78, 5) is 12.3. The predicted octanol–water partition coefficient (Wildman–Crippen LogP) is 7.49. The molecule has 0 radical (unpaired) electrons. The van der Waals surface area contributed by atoms with Gasteiger partial charge < -0.3 is 9.47 Å². The van der Waals surface area contributed by atoms with Crippen molar-refractivity contribution in [2.75, 3.05) is 13.7 Å². The molecule has 1 aliphatic carbocycles. The van der Waals surface area contributed by atoms with E-state index in [0.717, 1.165) is 5.56 Å². The molecule has 2 aromatic rings. The van der Waals surface area contributed by atoms with E-state index in [2.05, 4.69) is 0 Å². The molecule has 0 amide bonds. The Morgan fingerprint density at radius 2 is 1.43 bits per heavy atom. The lowest BCUT2D eigenvalue weighted by atomic mass is 9.62. The van der Waals surface area contributed by atoms with E-state index in [1.54, 1.807) is 0 Å². The monoisotopic (exact) mass is 502 g/mol. The number of esters is 1. The first-order chi connectivity index (χ1) is 16.2. The Bertz CT molecular complexity index is 989. The Morgan fingerprint density at radius 3 is 1.89 bits per heavy atom. The van der Waals surface area contributed by atoms with Crippen LogP contribution in [0.15, 0.2) is 48.5 Å². The van der Waals surface area contributed by atoms with Gasteiger partial charge in [0.25, 0.3) is 0 Å². The number of methoxy groups -OCH3 is 1. The second-order valence-electron chi connectivity index (χ2n) is 9.49. The first-order valence-electron chi connectivity index (χ1n) is 11.3. The Morgan fingerprint density at radius 1 is 0.914 bits per heavy atom. The van der Waals surface area contributed by atoms with Crippen LogP contribution >= 0.6 is 0 Å². The second kappa shape index (κ2) is 9.84. The van der Waals surface area contributed by atoms with Crippen LogP contribution in [0.1, 0.15) is 67.9 Å².